The number of likely N-dealkylation sites (tertiary alicyclic amines) is 1. The predicted octanol–water partition coefficient (Wildman–Crippen LogP) is 4.64. The summed E-state index contributed by atoms with van der Waals surface area (Å²) in [6.45, 7) is 0.945. The Labute approximate surface area is 159 Å². The van der Waals surface area contributed by atoms with Crippen LogP contribution in [0.25, 0.3) is 0 Å². The second kappa shape index (κ2) is 7.86. The molecule has 2 aromatic rings. The van der Waals surface area contributed by atoms with E-state index in [4.69, 9.17) is 11.6 Å². The third-order valence-corrected chi connectivity index (χ3v) is 5.19. The van der Waals surface area contributed by atoms with Crippen molar-refractivity contribution in [3.05, 3.63) is 64.4 Å². The number of halogens is 4. The van der Waals surface area contributed by atoms with Crippen molar-refractivity contribution in [2.24, 2.45) is 5.92 Å². The Balaban J connectivity index is 1.98. The van der Waals surface area contributed by atoms with Gasteiger partial charge in [0.05, 0.1) is 22.5 Å². The van der Waals surface area contributed by atoms with E-state index in [1.54, 1.807) is 24.5 Å². The van der Waals surface area contributed by atoms with Gasteiger partial charge in [-0.15, -0.1) is 0 Å². The second-order valence-electron chi connectivity index (χ2n) is 6.57. The topological polar surface area (TPSA) is 53.4 Å². The zero-order valence-electron chi connectivity index (χ0n) is 14.3. The maximum atomic E-state index is 13.3. The zero-order valence-corrected chi connectivity index (χ0v) is 15.0. The Bertz CT molecular complexity index is 806. The number of hydrogen-bond donors (Lipinski definition) is 1. The lowest BCUT2D eigenvalue weighted by Gasteiger charge is -2.37. The van der Waals surface area contributed by atoms with Gasteiger partial charge in [-0.2, -0.15) is 13.2 Å². The van der Waals surface area contributed by atoms with Crippen molar-refractivity contribution in [1.82, 2.24) is 9.88 Å². The minimum Gasteiger partial charge on any atom is -0.481 e. The monoisotopic (exact) mass is 398 g/mol. The van der Waals surface area contributed by atoms with Crippen molar-refractivity contribution < 1.29 is 23.1 Å². The average Bonchev–Trinajstić information content (AvgIpc) is 2.64. The van der Waals surface area contributed by atoms with E-state index >= 15 is 0 Å². The minimum atomic E-state index is -4.55. The van der Waals surface area contributed by atoms with Crippen LogP contribution in [0.2, 0.25) is 5.02 Å². The van der Waals surface area contributed by atoms with Gasteiger partial charge in [0.2, 0.25) is 0 Å². The number of aliphatic carboxylic acids is 1. The molecule has 1 N–H and O–H groups in total. The van der Waals surface area contributed by atoms with Gasteiger partial charge in [-0.3, -0.25) is 14.7 Å². The van der Waals surface area contributed by atoms with Crippen molar-refractivity contribution in [3.63, 3.8) is 0 Å². The third kappa shape index (κ3) is 4.42. The summed E-state index contributed by atoms with van der Waals surface area (Å²) < 4.78 is 39.9. The summed E-state index contributed by atoms with van der Waals surface area (Å²) in [5.41, 5.74) is 0.325. The maximum Gasteiger partial charge on any atom is 0.417 e. The summed E-state index contributed by atoms with van der Waals surface area (Å²) in [6, 6.07) is 7.00. The molecule has 1 aromatic carbocycles. The van der Waals surface area contributed by atoms with Crippen LogP contribution < -0.4 is 0 Å². The lowest BCUT2D eigenvalue weighted by atomic mass is 9.91. The summed E-state index contributed by atoms with van der Waals surface area (Å²) >= 11 is 5.76. The molecule has 2 heterocycles. The van der Waals surface area contributed by atoms with E-state index in [0.29, 0.717) is 31.5 Å². The van der Waals surface area contributed by atoms with Gasteiger partial charge in [0.1, 0.15) is 0 Å². The summed E-state index contributed by atoms with van der Waals surface area (Å²) in [6.07, 6.45) is -0.434. The van der Waals surface area contributed by atoms with Gasteiger partial charge in [0.25, 0.3) is 0 Å². The van der Waals surface area contributed by atoms with Crippen molar-refractivity contribution in [2.75, 3.05) is 13.1 Å². The number of carbonyl (C=O) groups is 1. The average molecular weight is 399 g/mol. The van der Waals surface area contributed by atoms with Gasteiger partial charge in [-0.05, 0) is 55.3 Å². The third-order valence-electron chi connectivity index (χ3n) is 4.86. The molecule has 1 aliphatic rings. The number of pyridine rings is 1. The molecular formula is C19H18ClF3N2O2. The van der Waals surface area contributed by atoms with Crippen LogP contribution >= 0.6 is 11.6 Å². The molecule has 1 aromatic heterocycles. The number of rotatable bonds is 4. The van der Waals surface area contributed by atoms with E-state index in [1.807, 2.05) is 11.0 Å². The number of piperidine rings is 1. The highest BCUT2D eigenvalue weighted by molar-refractivity contribution is 6.31. The Morgan fingerprint density at radius 3 is 2.48 bits per heavy atom. The normalized spacial score (nSPS) is 17.6. The Hall–Kier alpha value is -2.12. The number of nitrogens with zero attached hydrogens (tertiary/aromatic N) is 2. The van der Waals surface area contributed by atoms with Crippen LogP contribution in [0, 0.1) is 5.92 Å². The minimum absolute atomic E-state index is 0.347. The maximum absolute atomic E-state index is 13.3. The molecular weight excluding hydrogens is 381 g/mol. The first-order chi connectivity index (χ1) is 12.8. The Kier molecular flexibility index (Phi) is 5.72. The van der Waals surface area contributed by atoms with Crippen LogP contribution in [0.4, 0.5) is 13.2 Å². The van der Waals surface area contributed by atoms with Crippen molar-refractivity contribution in [1.29, 1.82) is 0 Å². The van der Waals surface area contributed by atoms with Crippen LogP contribution in [0.5, 0.6) is 0 Å². The first-order valence-electron chi connectivity index (χ1n) is 8.51. The van der Waals surface area contributed by atoms with Crippen LogP contribution in [-0.4, -0.2) is 34.0 Å². The van der Waals surface area contributed by atoms with E-state index in [2.05, 4.69) is 4.98 Å². The largest absolute Gasteiger partial charge is 0.481 e. The molecule has 144 valence electrons. The second-order valence-corrected chi connectivity index (χ2v) is 6.98. The first kappa shape index (κ1) is 19.6. The number of aromatic nitrogens is 1. The molecule has 1 saturated heterocycles. The van der Waals surface area contributed by atoms with Gasteiger partial charge < -0.3 is 5.11 Å². The van der Waals surface area contributed by atoms with Crippen molar-refractivity contribution >= 4 is 17.6 Å². The zero-order chi connectivity index (χ0) is 19.6. The van der Waals surface area contributed by atoms with Gasteiger partial charge >= 0.3 is 12.1 Å². The van der Waals surface area contributed by atoms with Crippen molar-refractivity contribution in [3.8, 4) is 0 Å². The molecule has 27 heavy (non-hydrogen) atoms. The predicted molar refractivity (Wildman–Crippen MR) is 94.5 cm³/mol. The van der Waals surface area contributed by atoms with Gasteiger partial charge in [-0.25, -0.2) is 0 Å². The molecule has 0 aliphatic carbocycles. The number of benzene rings is 1. The smallest absolute Gasteiger partial charge is 0.417 e. The van der Waals surface area contributed by atoms with Crippen LogP contribution in [-0.2, 0) is 11.0 Å². The molecule has 1 atom stereocenters. The lowest BCUT2D eigenvalue weighted by Crippen LogP contribution is -2.39. The van der Waals surface area contributed by atoms with E-state index in [0.717, 1.165) is 11.6 Å². The highest BCUT2D eigenvalue weighted by Crippen LogP contribution is 2.39. The van der Waals surface area contributed by atoms with E-state index < -0.39 is 29.7 Å². The van der Waals surface area contributed by atoms with Gasteiger partial charge in [0, 0.05) is 12.4 Å². The summed E-state index contributed by atoms with van der Waals surface area (Å²) in [5, 5.41) is 8.84. The molecule has 1 unspecified atom stereocenters. The lowest BCUT2D eigenvalue weighted by molar-refractivity contribution is -0.143. The van der Waals surface area contributed by atoms with Crippen LogP contribution in [0.3, 0.4) is 0 Å². The fraction of sp³-hybridized carbons (Fsp3) is 0.368. The van der Waals surface area contributed by atoms with Crippen LogP contribution in [0.15, 0.2) is 42.7 Å². The van der Waals surface area contributed by atoms with Crippen LogP contribution in [0.1, 0.15) is 35.6 Å². The molecule has 0 bridgehead atoms. The van der Waals surface area contributed by atoms with Crippen molar-refractivity contribution in [2.45, 2.75) is 25.1 Å². The summed E-state index contributed by atoms with van der Waals surface area (Å²) in [7, 11) is 0. The summed E-state index contributed by atoms with van der Waals surface area (Å²) in [5.74, 6) is -1.26. The highest BCUT2D eigenvalue weighted by atomic mass is 35.5. The molecule has 3 rings (SSSR count). The highest BCUT2D eigenvalue weighted by Gasteiger charge is 2.35. The molecule has 1 fully saturated rings. The molecule has 1 aliphatic heterocycles. The molecule has 8 heteroatoms. The van der Waals surface area contributed by atoms with E-state index in [1.165, 1.54) is 6.07 Å². The fourth-order valence-corrected chi connectivity index (χ4v) is 3.71. The van der Waals surface area contributed by atoms with Gasteiger partial charge in [-0.1, -0.05) is 23.7 Å². The number of hydrogen-bond acceptors (Lipinski definition) is 3. The Morgan fingerprint density at radius 1 is 1.22 bits per heavy atom. The molecule has 0 radical (unpaired) electrons. The number of carboxylic acid groups (broad SMARTS) is 1. The SMILES string of the molecule is O=C(O)C1CCN(C(c2cccnc2)c2ccc(Cl)c(C(F)(F)F)c2)CC1. The molecule has 0 amide bonds. The first-order valence-corrected chi connectivity index (χ1v) is 8.88. The van der Waals surface area contributed by atoms with E-state index in [-0.39, 0.29) is 5.02 Å². The standard InChI is InChI=1S/C19H18ClF3N2O2/c20-16-4-3-13(10-15(16)19(21,22)23)17(14-2-1-7-24-11-14)25-8-5-12(6-9-25)18(26)27/h1-4,7,10-12,17H,5-6,8-9H2,(H,26,27). The Morgan fingerprint density at radius 2 is 1.93 bits per heavy atom. The molecule has 0 saturated carbocycles. The van der Waals surface area contributed by atoms with Gasteiger partial charge in [0.15, 0.2) is 0 Å². The number of carboxylic acids is 1. The number of alkyl halides is 3. The summed E-state index contributed by atoms with van der Waals surface area (Å²) in [4.78, 5) is 17.3. The fourth-order valence-electron chi connectivity index (χ4n) is 3.49. The molecule has 4 nitrogen and oxygen atoms in total. The molecule has 0 spiro atoms. The quantitative estimate of drug-likeness (QED) is 0.815. The van der Waals surface area contributed by atoms with E-state index in [9.17, 15) is 23.1 Å².